The molecule has 0 spiro atoms. The molecule has 0 amide bonds. The number of benzene rings is 1. The van der Waals surface area contributed by atoms with Gasteiger partial charge in [0.15, 0.2) is 0 Å². The Labute approximate surface area is 127 Å². The van der Waals surface area contributed by atoms with E-state index in [2.05, 4.69) is 10.3 Å². The predicted molar refractivity (Wildman–Crippen MR) is 81.2 cm³/mol. The van der Waals surface area contributed by atoms with Crippen LogP contribution in [-0.2, 0) is 0 Å². The molecule has 1 heterocycles. The van der Waals surface area contributed by atoms with Gasteiger partial charge in [-0.05, 0) is 42.4 Å². The van der Waals surface area contributed by atoms with Gasteiger partial charge in [0.2, 0.25) is 0 Å². The van der Waals surface area contributed by atoms with Crippen molar-refractivity contribution in [2.45, 2.75) is 13.0 Å². The zero-order valence-corrected chi connectivity index (χ0v) is 12.6. The molecule has 0 aliphatic carbocycles. The second kappa shape index (κ2) is 6.58. The number of nitrogens with one attached hydrogen (secondary N) is 1. The van der Waals surface area contributed by atoms with Gasteiger partial charge >= 0.3 is 0 Å². The van der Waals surface area contributed by atoms with Gasteiger partial charge < -0.3 is 5.32 Å². The monoisotopic (exact) mass is 314 g/mol. The van der Waals surface area contributed by atoms with E-state index in [1.807, 2.05) is 25.1 Å². The normalized spacial score (nSPS) is 12.4. The number of nitrogens with zero attached hydrogens (tertiary/aromatic N) is 1. The highest BCUT2D eigenvalue weighted by Crippen LogP contribution is 2.30. The average Bonchev–Trinajstić information content (AvgIpc) is 2.40. The Morgan fingerprint density at radius 3 is 2.47 bits per heavy atom. The lowest BCUT2D eigenvalue weighted by atomic mass is 10.0. The molecule has 1 N–H and O–H groups in total. The molecule has 0 fully saturated rings. The molecule has 2 aromatic rings. The summed E-state index contributed by atoms with van der Waals surface area (Å²) in [6.45, 7) is 2.82. The second-order valence-corrected chi connectivity index (χ2v) is 5.34. The predicted octanol–water partition coefficient (Wildman–Crippen LogP) is 4.74. The lowest BCUT2D eigenvalue weighted by molar-refractivity contribution is 0.616. The first-order valence-electron chi connectivity index (χ1n) is 5.91. The molecule has 0 saturated carbocycles. The number of pyridine rings is 1. The number of halogens is 3. The van der Waals surface area contributed by atoms with Gasteiger partial charge in [-0.15, -0.1) is 0 Å². The summed E-state index contributed by atoms with van der Waals surface area (Å²) < 4.78 is 0. The highest BCUT2D eigenvalue weighted by molar-refractivity contribution is 6.33. The SMILES string of the molecule is CCNC(c1ccc(Cl)cn1)c1cc(Cl)ccc1Cl. The van der Waals surface area contributed by atoms with E-state index in [1.165, 1.54) is 0 Å². The Morgan fingerprint density at radius 2 is 1.84 bits per heavy atom. The maximum atomic E-state index is 6.26. The summed E-state index contributed by atoms with van der Waals surface area (Å²) in [4.78, 5) is 4.35. The summed E-state index contributed by atoms with van der Waals surface area (Å²) in [5.74, 6) is 0. The van der Waals surface area contributed by atoms with Crippen molar-refractivity contribution in [1.82, 2.24) is 10.3 Å². The minimum absolute atomic E-state index is 0.103. The molecular formula is C14H13Cl3N2. The van der Waals surface area contributed by atoms with Crippen molar-refractivity contribution in [3.05, 3.63) is 62.9 Å². The summed E-state index contributed by atoms with van der Waals surface area (Å²) in [6.07, 6.45) is 1.62. The summed E-state index contributed by atoms with van der Waals surface area (Å²) in [5, 5.41) is 5.27. The number of hydrogen-bond acceptors (Lipinski definition) is 2. The average molecular weight is 316 g/mol. The molecule has 0 bridgehead atoms. The van der Waals surface area contributed by atoms with Gasteiger partial charge in [-0.1, -0.05) is 41.7 Å². The Balaban J connectivity index is 2.44. The minimum Gasteiger partial charge on any atom is -0.305 e. The molecule has 1 aromatic heterocycles. The molecule has 0 saturated heterocycles. The molecular weight excluding hydrogens is 303 g/mol. The largest absolute Gasteiger partial charge is 0.305 e. The van der Waals surface area contributed by atoms with Crippen molar-refractivity contribution in [1.29, 1.82) is 0 Å². The fourth-order valence-electron chi connectivity index (χ4n) is 1.87. The quantitative estimate of drug-likeness (QED) is 0.881. The maximum Gasteiger partial charge on any atom is 0.0766 e. The second-order valence-electron chi connectivity index (χ2n) is 4.06. The van der Waals surface area contributed by atoms with Crippen LogP contribution in [0.1, 0.15) is 24.2 Å². The molecule has 0 radical (unpaired) electrons. The van der Waals surface area contributed by atoms with E-state index < -0.39 is 0 Å². The number of aromatic nitrogens is 1. The summed E-state index contributed by atoms with van der Waals surface area (Å²) in [6, 6.07) is 9.01. The third-order valence-electron chi connectivity index (χ3n) is 2.72. The Hall–Kier alpha value is -0.800. The third kappa shape index (κ3) is 3.61. The minimum atomic E-state index is -0.103. The summed E-state index contributed by atoms with van der Waals surface area (Å²) in [5.41, 5.74) is 1.77. The van der Waals surface area contributed by atoms with E-state index >= 15 is 0 Å². The lowest BCUT2D eigenvalue weighted by Gasteiger charge is -2.19. The van der Waals surface area contributed by atoms with Crippen LogP contribution in [0.25, 0.3) is 0 Å². The van der Waals surface area contributed by atoms with E-state index in [-0.39, 0.29) is 6.04 Å². The molecule has 1 unspecified atom stereocenters. The van der Waals surface area contributed by atoms with E-state index in [0.717, 1.165) is 17.8 Å². The van der Waals surface area contributed by atoms with Crippen LogP contribution in [0.5, 0.6) is 0 Å². The molecule has 2 nitrogen and oxygen atoms in total. The van der Waals surface area contributed by atoms with Gasteiger partial charge in [0.1, 0.15) is 0 Å². The van der Waals surface area contributed by atoms with E-state index in [9.17, 15) is 0 Å². The van der Waals surface area contributed by atoms with Gasteiger partial charge in [-0.3, -0.25) is 4.98 Å². The Morgan fingerprint density at radius 1 is 1.11 bits per heavy atom. The molecule has 2 rings (SSSR count). The van der Waals surface area contributed by atoms with Crippen LogP contribution in [0.15, 0.2) is 36.5 Å². The summed E-state index contributed by atoms with van der Waals surface area (Å²) >= 11 is 18.2. The standard InChI is InChI=1S/C14H13Cl3N2/c1-2-18-14(13-6-4-10(16)8-19-13)11-7-9(15)3-5-12(11)17/h3-8,14,18H,2H2,1H3. The van der Waals surface area contributed by atoms with Crippen LogP contribution in [0.4, 0.5) is 0 Å². The van der Waals surface area contributed by atoms with Crippen LogP contribution >= 0.6 is 34.8 Å². The highest BCUT2D eigenvalue weighted by Gasteiger charge is 2.17. The molecule has 0 aliphatic heterocycles. The Bertz CT molecular complexity index is 555. The van der Waals surface area contributed by atoms with E-state index in [4.69, 9.17) is 34.8 Å². The highest BCUT2D eigenvalue weighted by atomic mass is 35.5. The third-order valence-corrected chi connectivity index (χ3v) is 3.53. The molecule has 1 aromatic carbocycles. The van der Waals surface area contributed by atoms with Crippen LogP contribution in [0.3, 0.4) is 0 Å². The van der Waals surface area contributed by atoms with Crippen LogP contribution in [-0.4, -0.2) is 11.5 Å². The van der Waals surface area contributed by atoms with Crippen molar-refractivity contribution in [2.24, 2.45) is 0 Å². The van der Waals surface area contributed by atoms with Crippen molar-refractivity contribution < 1.29 is 0 Å². The van der Waals surface area contributed by atoms with Crippen molar-refractivity contribution in [2.75, 3.05) is 6.54 Å². The zero-order chi connectivity index (χ0) is 13.8. The number of hydrogen-bond donors (Lipinski definition) is 1. The van der Waals surface area contributed by atoms with Crippen LogP contribution < -0.4 is 5.32 Å². The van der Waals surface area contributed by atoms with Gasteiger partial charge in [0, 0.05) is 16.2 Å². The van der Waals surface area contributed by atoms with Gasteiger partial charge in [0.25, 0.3) is 0 Å². The molecule has 0 aliphatic rings. The van der Waals surface area contributed by atoms with E-state index in [1.54, 1.807) is 18.3 Å². The first kappa shape index (κ1) is 14.6. The van der Waals surface area contributed by atoms with Gasteiger partial charge in [0.05, 0.1) is 16.8 Å². The molecule has 1 atom stereocenters. The van der Waals surface area contributed by atoms with Crippen LogP contribution in [0.2, 0.25) is 15.1 Å². The van der Waals surface area contributed by atoms with E-state index in [0.29, 0.717) is 15.1 Å². The zero-order valence-electron chi connectivity index (χ0n) is 10.3. The van der Waals surface area contributed by atoms with Crippen molar-refractivity contribution >= 4 is 34.8 Å². The fraction of sp³-hybridized carbons (Fsp3) is 0.214. The number of rotatable bonds is 4. The fourth-order valence-corrected chi connectivity index (χ4v) is 2.39. The van der Waals surface area contributed by atoms with Gasteiger partial charge in [-0.2, -0.15) is 0 Å². The molecule has 19 heavy (non-hydrogen) atoms. The lowest BCUT2D eigenvalue weighted by Crippen LogP contribution is -2.23. The molecule has 100 valence electrons. The smallest absolute Gasteiger partial charge is 0.0766 e. The summed E-state index contributed by atoms with van der Waals surface area (Å²) in [7, 11) is 0. The maximum absolute atomic E-state index is 6.26. The molecule has 5 heteroatoms. The van der Waals surface area contributed by atoms with Crippen molar-refractivity contribution in [3.8, 4) is 0 Å². The first-order valence-corrected chi connectivity index (χ1v) is 7.05. The van der Waals surface area contributed by atoms with Crippen LogP contribution in [0, 0.1) is 0 Å². The topological polar surface area (TPSA) is 24.9 Å². The van der Waals surface area contributed by atoms with Gasteiger partial charge in [-0.25, -0.2) is 0 Å². The Kier molecular flexibility index (Phi) is 5.06. The first-order chi connectivity index (χ1) is 9.11. The van der Waals surface area contributed by atoms with Crippen molar-refractivity contribution in [3.63, 3.8) is 0 Å².